The summed E-state index contributed by atoms with van der Waals surface area (Å²) in [4.78, 5) is 12.1. The fourth-order valence-corrected chi connectivity index (χ4v) is 0.0504. The standard InChI is InChI=1S/C2H3F2NO3/c3-2(4,8-5)1(6)7/h5H2,(H,6,7). The maximum absolute atomic E-state index is 11.3. The van der Waals surface area contributed by atoms with Gasteiger partial charge in [-0.1, -0.05) is 0 Å². The topological polar surface area (TPSA) is 72.5 Å². The van der Waals surface area contributed by atoms with E-state index in [1.165, 1.54) is 0 Å². The van der Waals surface area contributed by atoms with E-state index in [0.717, 1.165) is 0 Å². The predicted molar refractivity (Wildman–Crippen MR) is 17.9 cm³/mol. The third kappa shape index (κ3) is 1.39. The second kappa shape index (κ2) is 2.01. The molecule has 0 radical (unpaired) electrons. The van der Waals surface area contributed by atoms with Crippen LogP contribution in [0.3, 0.4) is 0 Å². The minimum absolute atomic E-state index is 2.40. The number of carboxylic acid groups (broad SMARTS) is 1. The van der Waals surface area contributed by atoms with Gasteiger partial charge in [0, 0.05) is 0 Å². The summed E-state index contributed by atoms with van der Waals surface area (Å²) in [7, 11) is 0. The number of carboxylic acids is 1. The van der Waals surface area contributed by atoms with E-state index in [-0.39, 0.29) is 0 Å². The summed E-state index contributed by atoms with van der Waals surface area (Å²) in [6.45, 7) is 0. The molecule has 0 spiro atoms. The van der Waals surface area contributed by atoms with Crippen LogP contribution in [0.4, 0.5) is 8.78 Å². The molecule has 0 fully saturated rings. The van der Waals surface area contributed by atoms with Crippen molar-refractivity contribution in [1.82, 2.24) is 0 Å². The molecule has 0 saturated carbocycles. The zero-order valence-electron chi connectivity index (χ0n) is 3.60. The van der Waals surface area contributed by atoms with E-state index in [1.807, 2.05) is 0 Å². The number of nitrogens with two attached hydrogens (primary N) is 1. The number of rotatable bonds is 2. The van der Waals surface area contributed by atoms with E-state index < -0.39 is 12.1 Å². The number of alkyl halides is 2. The summed E-state index contributed by atoms with van der Waals surface area (Å²) < 4.78 is 22.7. The highest BCUT2D eigenvalue weighted by molar-refractivity contribution is 5.73. The molecule has 0 amide bonds. The fourth-order valence-electron chi connectivity index (χ4n) is 0.0504. The van der Waals surface area contributed by atoms with Crippen LogP contribution in [-0.2, 0) is 9.63 Å². The van der Waals surface area contributed by atoms with Crippen LogP contribution in [-0.4, -0.2) is 17.2 Å². The second-order valence-corrected chi connectivity index (χ2v) is 0.940. The normalized spacial score (nSPS) is 11.4. The Bertz CT molecular complexity index is 103. The lowest BCUT2D eigenvalue weighted by atomic mass is 10.6. The zero-order chi connectivity index (χ0) is 6.78. The molecule has 8 heavy (non-hydrogen) atoms. The first kappa shape index (κ1) is 7.25. The Morgan fingerprint density at radius 1 is 1.75 bits per heavy atom. The number of hydrogen-bond acceptors (Lipinski definition) is 3. The van der Waals surface area contributed by atoms with E-state index in [2.05, 4.69) is 10.7 Å². The molecule has 0 atom stereocenters. The van der Waals surface area contributed by atoms with E-state index >= 15 is 0 Å². The number of aliphatic carboxylic acids is 1. The molecule has 0 aromatic heterocycles. The molecule has 6 heteroatoms. The van der Waals surface area contributed by atoms with Crippen LogP contribution in [0, 0.1) is 0 Å². The molecule has 48 valence electrons. The van der Waals surface area contributed by atoms with E-state index in [4.69, 9.17) is 5.11 Å². The molecule has 0 rings (SSSR count). The molecule has 0 bridgehead atoms. The number of carbonyl (C=O) groups is 1. The van der Waals surface area contributed by atoms with Gasteiger partial charge in [0.25, 0.3) is 0 Å². The molecule has 0 aliphatic heterocycles. The van der Waals surface area contributed by atoms with Crippen molar-refractivity contribution < 1.29 is 23.5 Å². The molecule has 0 unspecified atom stereocenters. The second-order valence-electron chi connectivity index (χ2n) is 0.940. The van der Waals surface area contributed by atoms with Gasteiger partial charge in [-0.3, -0.25) is 0 Å². The first-order valence-corrected chi connectivity index (χ1v) is 1.50. The maximum Gasteiger partial charge on any atom is 0.471 e. The summed E-state index contributed by atoms with van der Waals surface area (Å²) in [5, 5.41) is 7.49. The van der Waals surface area contributed by atoms with E-state index in [9.17, 15) is 13.6 Å². The summed E-state index contributed by atoms with van der Waals surface area (Å²) in [6, 6.07) is 0. The van der Waals surface area contributed by atoms with Gasteiger partial charge in [-0.05, 0) is 0 Å². The van der Waals surface area contributed by atoms with Crippen molar-refractivity contribution in [3.63, 3.8) is 0 Å². The van der Waals surface area contributed by atoms with Crippen molar-refractivity contribution in [2.24, 2.45) is 5.90 Å². The molecule has 0 aliphatic carbocycles. The number of halogens is 2. The van der Waals surface area contributed by atoms with Crippen molar-refractivity contribution in [2.45, 2.75) is 6.11 Å². The van der Waals surface area contributed by atoms with E-state index in [0.29, 0.717) is 0 Å². The summed E-state index contributed by atoms with van der Waals surface area (Å²) in [5.41, 5.74) is 0. The first-order chi connectivity index (χ1) is 3.50. The van der Waals surface area contributed by atoms with Gasteiger partial charge < -0.3 is 5.11 Å². The third-order valence-electron chi connectivity index (χ3n) is 0.397. The van der Waals surface area contributed by atoms with Crippen LogP contribution in [0.5, 0.6) is 0 Å². The fraction of sp³-hybridized carbons (Fsp3) is 0.500. The number of hydrogen-bond donors (Lipinski definition) is 2. The van der Waals surface area contributed by atoms with Gasteiger partial charge in [0.05, 0.1) is 0 Å². The Morgan fingerprint density at radius 2 is 2.12 bits per heavy atom. The lowest BCUT2D eigenvalue weighted by molar-refractivity contribution is -0.247. The van der Waals surface area contributed by atoms with E-state index in [1.54, 1.807) is 0 Å². The molecule has 0 aromatic rings. The van der Waals surface area contributed by atoms with Crippen molar-refractivity contribution in [3.05, 3.63) is 0 Å². The minimum Gasteiger partial charge on any atom is -0.475 e. The molecule has 3 N–H and O–H groups in total. The van der Waals surface area contributed by atoms with Gasteiger partial charge in [0.15, 0.2) is 0 Å². The van der Waals surface area contributed by atoms with Crippen LogP contribution < -0.4 is 5.90 Å². The van der Waals surface area contributed by atoms with Crippen molar-refractivity contribution in [2.75, 3.05) is 0 Å². The van der Waals surface area contributed by atoms with Crippen molar-refractivity contribution in [1.29, 1.82) is 0 Å². The van der Waals surface area contributed by atoms with Gasteiger partial charge in [-0.15, -0.1) is 0 Å². The molecule has 0 saturated heterocycles. The van der Waals surface area contributed by atoms with Gasteiger partial charge in [0.2, 0.25) is 0 Å². The lowest BCUT2D eigenvalue weighted by Crippen LogP contribution is -2.34. The SMILES string of the molecule is NOC(F)(F)C(=O)O. The van der Waals surface area contributed by atoms with Crippen molar-refractivity contribution >= 4 is 5.97 Å². The highest BCUT2D eigenvalue weighted by Gasteiger charge is 2.40. The predicted octanol–water partition coefficient (Wildman–Crippen LogP) is -0.446. The van der Waals surface area contributed by atoms with Crippen LogP contribution in [0.15, 0.2) is 0 Å². The summed E-state index contributed by atoms with van der Waals surface area (Å²) >= 11 is 0. The van der Waals surface area contributed by atoms with Gasteiger partial charge in [-0.25, -0.2) is 15.5 Å². The zero-order valence-corrected chi connectivity index (χ0v) is 3.60. The Hall–Kier alpha value is -0.750. The Balaban J connectivity index is 3.91. The summed E-state index contributed by atoms with van der Waals surface area (Å²) in [6.07, 6.45) is -4.26. The molecule has 0 aromatic carbocycles. The van der Waals surface area contributed by atoms with Crippen molar-refractivity contribution in [3.8, 4) is 0 Å². The molecule has 0 aliphatic rings. The van der Waals surface area contributed by atoms with Crippen LogP contribution in [0.25, 0.3) is 0 Å². The lowest BCUT2D eigenvalue weighted by Gasteiger charge is -2.04. The summed E-state index contributed by atoms with van der Waals surface area (Å²) in [5.74, 6) is 1.47. The maximum atomic E-state index is 11.3. The Labute approximate surface area is 42.8 Å². The highest BCUT2D eigenvalue weighted by atomic mass is 19.3. The van der Waals surface area contributed by atoms with Crippen LogP contribution in [0.2, 0.25) is 0 Å². The third-order valence-corrected chi connectivity index (χ3v) is 0.397. The Kier molecular flexibility index (Phi) is 1.82. The average Bonchev–Trinajstić information content (AvgIpc) is 1.67. The van der Waals surface area contributed by atoms with Gasteiger partial charge in [0.1, 0.15) is 0 Å². The minimum atomic E-state index is -4.26. The molecule has 4 nitrogen and oxygen atoms in total. The monoisotopic (exact) mass is 127 g/mol. The molecular weight excluding hydrogens is 124 g/mol. The quantitative estimate of drug-likeness (QED) is 0.493. The average molecular weight is 127 g/mol. The van der Waals surface area contributed by atoms with Crippen LogP contribution >= 0.6 is 0 Å². The molecular formula is C2H3F2NO3. The van der Waals surface area contributed by atoms with Crippen LogP contribution in [0.1, 0.15) is 0 Å². The first-order valence-electron chi connectivity index (χ1n) is 1.50. The smallest absolute Gasteiger partial charge is 0.471 e. The molecule has 0 heterocycles. The largest absolute Gasteiger partial charge is 0.475 e. The Morgan fingerprint density at radius 3 is 2.12 bits per heavy atom. The van der Waals surface area contributed by atoms with Gasteiger partial charge >= 0.3 is 12.1 Å². The van der Waals surface area contributed by atoms with Gasteiger partial charge in [-0.2, -0.15) is 8.78 Å². The highest BCUT2D eigenvalue weighted by Crippen LogP contribution is 2.10.